The first-order chi connectivity index (χ1) is 7.81. The van der Waals surface area contributed by atoms with E-state index in [1.807, 2.05) is 0 Å². The van der Waals surface area contributed by atoms with Crippen molar-refractivity contribution in [3.8, 4) is 0 Å². The molecule has 98 valence electrons. The van der Waals surface area contributed by atoms with Crippen LogP contribution in [-0.2, 0) is 14.4 Å². The van der Waals surface area contributed by atoms with Crippen LogP contribution in [0.2, 0.25) is 0 Å². The van der Waals surface area contributed by atoms with E-state index in [1.165, 1.54) is 6.92 Å². The molecule has 0 saturated heterocycles. The maximum atomic E-state index is 11.4. The van der Waals surface area contributed by atoms with Gasteiger partial charge in [0.1, 0.15) is 0 Å². The van der Waals surface area contributed by atoms with Crippen LogP contribution < -0.4 is 10.6 Å². The van der Waals surface area contributed by atoms with Gasteiger partial charge in [-0.25, -0.2) is 0 Å². The number of amides is 2. The first-order valence-corrected chi connectivity index (χ1v) is 5.56. The highest BCUT2D eigenvalue weighted by Crippen LogP contribution is 2.19. The zero-order chi connectivity index (χ0) is 13.5. The van der Waals surface area contributed by atoms with Crippen LogP contribution in [0.3, 0.4) is 0 Å². The van der Waals surface area contributed by atoms with E-state index in [0.717, 1.165) is 0 Å². The van der Waals surface area contributed by atoms with E-state index < -0.39 is 11.4 Å². The highest BCUT2D eigenvalue weighted by molar-refractivity contribution is 5.79. The molecule has 0 aliphatic carbocycles. The molecule has 3 N–H and O–H groups in total. The summed E-state index contributed by atoms with van der Waals surface area (Å²) in [5, 5.41) is 14.0. The molecule has 0 aliphatic heterocycles. The number of hydrogen-bond donors (Lipinski definition) is 3. The van der Waals surface area contributed by atoms with E-state index in [-0.39, 0.29) is 31.3 Å². The Morgan fingerprint density at radius 3 is 2.24 bits per heavy atom. The Balaban J connectivity index is 3.98. The lowest BCUT2D eigenvalue weighted by atomic mass is 9.88. The van der Waals surface area contributed by atoms with Gasteiger partial charge in [-0.1, -0.05) is 6.92 Å². The molecule has 6 nitrogen and oxygen atoms in total. The molecule has 0 rings (SSSR count). The second-order valence-corrected chi connectivity index (χ2v) is 4.23. The number of carboxylic acid groups (broad SMARTS) is 1. The van der Waals surface area contributed by atoms with Crippen molar-refractivity contribution >= 4 is 17.8 Å². The van der Waals surface area contributed by atoms with Gasteiger partial charge in [0.2, 0.25) is 11.8 Å². The van der Waals surface area contributed by atoms with Crippen molar-refractivity contribution in [1.29, 1.82) is 0 Å². The fourth-order valence-electron chi connectivity index (χ4n) is 1.09. The number of hydrogen-bond acceptors (Lipinski definition) is 3. The third-order valence-corrected chi connectivity index (χ3v) is 2.70. The van der Waals surface area contributed by atoms with Crippen LogP contribution in [-0.4, -0.2) is 36.0 Å². The van der Waals surface area contributed by atoms with Crippen LogP contribution in [0, 0.1) is 5.41 Å². The molecule has 1 atom stereocenters. The molecule has 0 aromatic rings. The molecular weight excluding hydrogens is 224 g/mol. The topological polar surface area (TPSA) is 95.5 Å². The molecule has 1 unspecified atom stereocenters. The highest BCUT2D eigenvalue weighted by Gasteiger charge is 2.31. The molecule has 2 amide bonds. The highest BCUT2D eigenvalue weighted by atomic mass is 16.4. The number of aliphatic carboxylic acids is 1. The molecule has 0 aliphatic rings. The summed E-state index contributed by atoms with van der Waals surface area (Å²) in [5.74, 6) is -1.39. The van der Waals surface area contributed by atoms with Gasteiger partial charge >= 0.3 is 5.97 Å². The molecule has 17 heavy (non-hydrogen) atoms. The monoisotopic (exact) mass is 244 g/mol. The van der Waals surface area contributed by atoms with E-state index in [9.17, 15) is 14.4 Å². The third kappa shape index (κ3) is 5.89. The summed E-state index contributed by atoms with van der Waals surface area (Å²) >= 11 is 0. The number of carbonyl (C=O) groups is 3. The van der Waals surface area contributed by atoms with Gasteiger partial charge in [0, 0.05) is 26.4 Å². The van der Waals surface area contributed by atoms with Crippen LogP contribution >= 0.6 is 0 Å². The Labute approximate surface area is 101 Å². The third-order valence-electron chi connectivity index (χ3n) is 2.70. The van der Waals surface area contributed by atoms with Crippen molar-refractivity contribution in [2.45, 2.75) is 33.6 Å². The number of rotatable bonds is 7. The van der Waals surface area contributed by atoms with E-state index in [4.69, 9.17) is 5.11 Å². The Kier molecular flexibility index (Phi) is 6.23. The van der Waals surface area contributed by atoms with Crippen LogP contribution in [0.25, 0.3) is 0 Å². The molecule has 0 saturated carbocycles. The Hall–Kier alpha value is -1.59. The number of carboxylic acids is 1. The van der Waals surface area contributed by atoms with Crippen LogP contribution in [0.15, 0.2) is 0 Å². The van der Waals surface area contributed by atoms with Crippen LogP contribution in [0.1, 0.15) is 33.6 Å². The summed E-state index contributed by atoms with van der Waals surface area (Å²) in [4.78, 5) is 32.9. The fourth-order valence-corrected chi connectivity index (χ4v) is 1.09. The van der Waals surface area contributed by atoms with Crippen LogP contribution in [0.4, 0.5) is 0 Å². The first kappa shape index (κ1) is 15.4. The lowest BCUT2D eigenvalue weighted by molar-refractivity contribution is -0.148. The van der Waals surface area contributed by atoms with Crippen molar-refractivity contribution in [2.75, 3.05) is 13.1 Å². The first-order valence-electron chi connectivity index (χ1n) is 5.56. The largest absolute Gasteiger partial charge is 0.481 e. The molecular formula is C11H20N2O4. The maximum absolute atomic E-state index is 11.4. The van der Waals surface area contributed by atoms with Gasteiger partial charge in [-0.3, -0.25) is 14.4 Å². The smallest absolute Gasteiger partial charge is 0.311 e. The van der Waals surface area contributed by atoms with Gasteiger partial charge in [0.25, 0.3) is 0 Å². The van der Waals surface area contributed by atoms with Gasteiger partial charge in [-0.15, -0.1) is 0 Å². The zero-order valence-corrected chi connectivity index (χ0v) is 10.5. The van der Waals surface area contributed by atoms with Crippen LogP contribution in [0.5, 0.6) is 0 Å². The van der Waals surface area contributed by atoms with Gasteiger partial charge < -0.3 is 15.7 Å². The van der Waals surface area contributed by atoms with Crippen molar-refractivity contribution in [3.05, 3.63) is 0 Å². The standard InChI is InChI=1S/C11H20N2O4/c1-4-11(3,10(16)17)7-13-9(15)5-6-12-8(2)14/h4-7H2,1-3H3,(H,12,14)(H,13,15)(H,16,17). The fraction of sp³-hybridized carbons (Fsp3) is 0.727. The molecule has 6 heteroatoms. The summed E-state index contributed by atoms with van der Waals surface area (Å²) in [7, 11) is 0. The van der Waals surface area contributed by atoms with Crippen molar-refractivity contribution in [1.82, 2.24) is 10.6 Å². The van der Waals surface area contributed by atoms with E-state index >= 15 is 0 Å². The number of carbonyl (C=O) groups excluding carboxylic acids is 2. The quantitative estimate of drug-likeness (QED) is 0.593. The Bertz CT molecular complexity index is 304. The van der Waals surface area contributed by atoms with E-state index in [1.54, 1.807) is 13.8 Å². The minimum atomic E-state index is -0.941. The zero-order valence-electron chi connectivity index (χ0n) is 10.5. The van der Waals surface area contributed by atoms with Gasteiger partial charge in [0.05, 0.1) is 5.41 Å². The summed E-state index contributed by atoms with van der Waals surface area (Å²) < 4.78 is 0. The summed E-state index contributed by atoms with van der Waals surface area (Å²) in [5.41, 5.74) is -0.941. The maximum Gasteiger partial charge on any atom is 0.311 e. The molecule has 0 aromatic carbocycles. The molecule has 0 radical (unpaired) electrons. The second-order valence-electron chi connectivity index (χ2n) is 4.23. The van der Waals surface area contributed by atoms with Crippen molar-refractivity contribution < 1.29 is 19.5 Å². The normalized spacial score (nSPS) is 13.6. The number of nitrogens with one attached hydrogen (secondary N) is 2. The van der Waals surface area contributed by atoms with Crippen molar-refractivity contribution in [2.24, 2.45) is 5.41 Å². The molecule has 0 aromatic heterocycles. The van der Waals surface area contributed by atoms with E-state index in [0.29, 0.717) is 6.42 Å². The summed E-state index contributed by atoms with van der Waals surface area (Å²) in [6, 6.07) is 0. The Morgan fingerprint density at radius 1 is 1.24 bits per heavy atom. The second kappa shape index (κ2) is 6.88. The molecule has 0 fully saturated rings. The van der Waals surface area contributed by atoms with E-state index in [2.05, 4.69) is 10.6 Å². The average molecular weight is 244 g/mol. The minimum Gasteiger partial charge on any atom is -0.481 e. The minimum absolute atomic E-state index is 0.0950. The van der Waals surface area contributed by atoms with Gasteiger partial charge in [-0.05, 0) is 13.3 Å². The van der Waals surface area contributed by atoms with Gasteiger partial charge in [0.15, 0.2) is 0 Å². The summed E-state index contributed by atoms with van der Waals surface area (Å²) in [6.45, 7) is 5.08. The molecule has 0 heterocycles. The predicted molar refractivity (Wildman–Crippen MR) is 62.3 cm³/mol. The lowest BCUT2D eigenvalue weighted by Gasteiger charge is -2.23. The average Bonchev–Trinajstić information content (AvgIpc) is 2.25. The van der Waals surface area contributed by atoms with Crippen molar-refractivity contribution in [3.63, 3.8) is 0 Å². The van der Waals surface area contributed by atoms with Gasteiger partial charge in [-0.2, -0.15) is 0 Å². The molecule has 0 bridgehead atoms. The predicted octanol–water partition coefficient (Wildman–Crippen LogP) is 0.130. The molecule has 0 spiro atoms. The summed E-state index contributed by atoms with van der Waals surface area (Å²) in [6.07, 6.45) is 0.591. The SMILES string of the molecule is CCC(C)(CNC(=O)CCNC(C)=O)C(=O)O. The Morgan fingerprint density at radius 2 is 1.82 bits per heavy atom. The lowest BCUT2D eigenvalue weighted by Crippen LogP contribution is -2.41.